The molecule has 2 heterocycles. The number of nitrogens with zero attached hydrogens (tertiary/aromatic N) is 2. The molecule has 2 amide bonds. The van der Waals surface area contributed by atoms with Gasteiger partial charge in [0.15, 0.2) is 17.6 Å². The zero-order valence-electron chi connectivity index (χ0n) is 19.9. The maximum atomic E-state index is 13.9. The zero-order valence-corrected chi connectivity index (χ0v) is 19.9. The van der Waals surface area contributed by atoms with Crippen molar-refractivity contribution in [2.45, 2.75) is 19.1 Å². The van der Waals surface area contributed by atoms with Crippen molar-refractivity contribution in [3.05, 3.63) is 83.4 Å². The van der Waals surface area contributed by atoms with E-state index < -0.39 is 35.8 Å². The Morgan fingerprint density at radius 2 is 1.61 bits per heavy atom. The molecule has 0 unspecified atom stereocenters. The molecule has 3 atom stereocenters. The Balaban J connectivity index is 1.70. The van der Waals surface area contributed by atoms with Crippen LogP contribution in [-0.2, 0) is 14.4 Å². The van der Waals surface area contributed by atoms with E-state index in [2.05, 4.69) is 0 Å². The summed E-state index contributed by atoms with van der Waals surface area (Å²) in [5.41, 5.74) is 1.91. The summed E-state index contributed by atoms with van der Waals surface area (Å²) in [5.74, 6) is -2.96. The second-order valence-electron chi connectivity index (χ2n) is 8.53. The maximum absolute atomic E-state index is 13.9. The van der Waals surface area contributed by atoms with E-state index in [0.29, 0.717) is 11.4 Å². The summed E-state index contributed by atoms with van der Waals surface area (Å²) in [6, 6.07) is 18.3. The van der Waals surface area contributed by atoms with Gasteiger partial charge in [0.25, 0.3) is 5.91 Å². The van der Waals surface area contributed by atoms with Gasteiger partial charge in [0.05, 0.1) is 31.6 Å². The lowest BCUT2D eigenvalue weighted by Crippen LogP contribution is -2.38. The highest BCUT2D eigenvalue weighted by atomic mass is 16.7. The van der Waals surface area contributed by atoms with Gasteiger partial charge in [-0.2, -0.15) is 0 Å². The lowest BCUT2D eigenvalue weighted by molar-refractivity contribution is -0.126. The zero-order chi connectivity index (χ0) is 25.6. The number of carboxylic acid groups (broad SMARTS) is 1. The number of carboxylic acids is 1. The third-order valence-electron chi connectivity index (χ3n) is 6.59. The van der Waals surface area contributed by atoms with E-state index in [1.165, 1.54) is 19.3 Å². The van der Waals surface area contributed by atoms with Gasteiger partial charge in [-0.3, -0.25) is 14.4 Å². The van der Waals surface area contributed by atoms with Crippen LogP contribution < -0.4 is 19.4 Å². The molecule has 3 aromatic rings. The standard InChI is InChI=1S/C27H24N2O7/c1-15-9-7-8-12-18(15)28-25(30)21-22(17-13-14-19(34-2)23(35-3)20(17)27(32)33)29(36-24(21)26(28)31)16-10-5-4-6-11-16/h4-14,21-22,24H,1-3H3,(H,32,33)/t21-,22-,24-/m0/s1. The van der Waals surface area contributed by atoms with Gasteiger partial charge in [-0.25, -0.2) is 14.8 Å². The number of aryl methyl sites for hydroxylation is 1. The lowest BCUT2D eigenvalue weighted by atomic mass is 9.87. The van der Waals surface area contributed by atoms with Crippen LogP contribution in [-0.4, -0.2) is 43.2 Å². The number of carbonyl (C=O) groups is 3. The number of fused-ring (bicyclic) bond motifs is 1. The number of hydroxylamine groups is 1. The molecule has 2 saturated heterocycles. The number of imide groups is 1. The van der Waals surface area contributed by atoms with Crippen LogP contribution in [0, 0.1) is 12.8 Å². The van der Waals surface area contributed by atoms with Crippen LogP contribution in [0.25, 0.3) is 0 Å². The maximum Gasteiger partial charge on any atom is 0.339 e. The Hall–Kier alpha value is -4.37. The van der Waals surface area contributed by atoms with Gasteiger partial charge in [0.2, 0.25) is 5.91 Å². The smallest absolute Gasteiger partial charge is 0.339 e. The number of hydrogen-bond donors (Lipinski definition) is 1. The van der Waals surface area contributed by atoms with E-state index in [-0.39, 0.29) is 22.6 Å². The minimum Gasteiger partial charge on any atom is -0.493 e. The van der Waals surface area contributed by atoms with Gasteiger partial charge >= 0.3 is 5.97 Å². The molecule has 9 nitrogen and oxygen atoms in total. The third-order valence-corrected chi connectivity index (χ3v) is 6.59. The molecule has 0 spiro atoms. The molecular formula is C27H24N2O7. The van der Waals surface area contributed by atoms with Crippen LogP contribution in [0.5, 0.6) is 11.5 Å². The molecule has 36 heavy (non-hydrogen) atoms. The number of aromatic carboxylic acids is 1. The average Bonchev–Trinajstić information content (AvgIpc) is 3.39. The Morgan fingerprint density at radius 3 is 2.25 bits per heavy atom. The molecule has 0 aromatic heterocycles. The minimum atomic E-state index is -1.26. The highest BCUT2D eigenvalue weighted by Crippen LogP contribution is 2.50. The van der Waals surface area contributed by atoms with Crippen LogP contribution in [0.4, 0.5) is 11.4 Å². The molecule has 5 rings (SSSR count). The van der Waals surface area contributed by atoms with E-state index in [0.717, 1.165) is 10.5 Å². The molecule has 3 aromatic carbocycles. The van der Waals surface area contributed by atoms with Crippen molar-refractivity contribution in [3.63, 3.8) is 0 Å². The number of ether oxygens (including phenoxy) is 2. The molecule has 184 valence electrons. The molecule has 9 heteroatoms. The Kier molecular flexibility index (Phi) is 5.85. The second-order valence-corrected chi connectivity index (χ2v) is 8.53. The normalized spacial score (nSPS) is 21.0. The van der Waals surface area contributed by atoms with Crippen molar-refractivity contribution >= 4 is 29.2 Å². The molecule has 0 bridgehead atoms. The van der Waals surface area contributed by atoms with Gasteiger partial charge in [-0.15, -0.1) is 0 Å². The Morgan fingerprint density at radius 1 is 0.917 bits per heavy atom. The van der Waals surface area contributed by atoms with E-state index in [4.69, 9.17) is 14.3 Å². The number of amides is 2. The number of methoxy groups -OCH3 is 2. The summed E-state index contributed by atoms with van der Waals surface area (Å²) < 4.78 is 10.7. The predicted octanol–water partition coefficient (Wildman–Crippen LogP) is 3.76. The van der Waals surface area contributed by atoms with E-state index in [1.807, 2.05) is 25.1 Å². The fraction of sp³-hybridized carbons (Fsp3) is 0.222. The van der Waals surface area contributed by atoms with E-state index in [1.54, 1.807) is 48.5 Å². The second kappa shape index (κ2) is 9.01. The van der Waals surface area contributed by atoms with Crippen LogP contribution in [0.15, 0.2) is 66.7 Å². The number of hydrogen-bond acceptors (Lipinski definition) is 7. The SMILES string of the molecule is COc1ccc([C@H]2[C@@H]3C(=O)N(c4ccccc4C)C(=O)[C@H]3ON2c2ccccc2)c(C(=O)O)c1OC. The first-order chi connectivity index (χ1) is 17.4. The molecule has 0 saturated carbocycles. The Labute approximate surface area is 207 Å². The number of carbonyl (C=O) groups excluding carboxylic acids is 2. The molecule has 2 aliphatic heterocycles. The topological polar surface area (TPSA) is 106 Å². The molecule has 0 aliphatic carbocycles. The summed E-state index contributed by atoms with van der Waals surface area (Å²) in [7, 11) is 2.76. The summed E-state index contributed by atoms with van der Waals surface area (Å²) in [4.78, 5) is 47.2. The van der Waals surface area contributed by atoms with Crippen molar-refractivity contribution in [1.82, 2.24) is 0 Å². The molecular weight excluding hydrogens is 464 g/mol. The largest absolute Gasteiger partial charge is 0.493 e. The van der Waals surface area contributed by atoms with Gasteiger partial charge in [-0.05, 0) is 42.3 Å². The molecule has 2 fully saturated rings. The quantitative estimate of drug-likeness (QED) is 0.523. The number of para-hydroxylation sites is 2. The van der Waals surface area contributed by atoms with Crippen molar-refractivity contribution in [2.24, 2.45) is 5.92 Å². The van der Waals surface area contributed by atoms with Crippen LogP contribution in [0.3, 0.4) is 0 Å². The third kappa shape index (κ3) is 3.47. The summed E-state index contributed by atoms with van der Waals surface area (Å²) in [6.07, 6.45) is -1.13. The summed E-state index contributed by atoms with van der Waals surface area (Å²) >= 11 is 0. The molecule has 2 aliphatic rings. The molecule has 0 radical (unpaired) electrons. The van der Waals surface area contributed by atoms with Crippen molar-refractivity contribution in [2.75, 3.05) is 24.2 Å². The highest BCUT2D eigenvalue weighted by Gasteiger charge is 2.61. The van der Waals surface area contributed by atoms with Gasteiger partial charge in [0, 0.05) is 0 Å². The molecule has 1 N–H and O–H groups in total. The fourth-order valence-electron chi connectivity index (χ4n) is 4.99. The van der Waals surface area contributed by atoms with Crippen molar-refractivity contribution in [3.8, 4) is 11.5 Å². The van der Waals surface area contributed by atoms with Crippen LogP contribution in [0.2, 0.25) is 0 Å². The summed E-state index contributed by atoms with van der Waals surface area (Å²) in [6.45, 7) is 1.81. The average molecular weight is 488 g/mol. The van der Waals surface area contributed by atoms with Crippen molar-refractivity contribution in [1.29, 1.82) is 0 Å². The summed E-state index contributed by atoms with van der Waals surface area (Å²) in [5, 5.41) is 11.6. The highest BCUT2D eigenvalue weighted by molar-refractivity contribution is 6.24. The van der Waals surface area contributed by atoms with Crippen LogP contribution >= 0.6 is 0 Å². The van der Waals surface area contributed by atoms with Gasteiger partial charge < -0.3 is 14.6 Å². The van der Waals surface area contributed by atoms with Gasteiger partial charge in [0.1, 0.15) is 11.5 Å². The first-order valence-electron chi connectivity index (χ1n) is 11.3. The first kappa shape index (κ1) is 23.4. The lowest BCUT2D eigenvalue weighted by Gasteiger charge is -2.30. The Bertz CT molecular complexity index is 1360. The van der Waals surface area contributed by atoms with E-state index in [9.17, 15) is 19.5 Å². The van der Waals surface area contributed by atoms with Crippen molar-refractivity contribution < 1.29 is 33.8 Å². The number of rotatable bonds is 6. The van der Waals surface area contributed by atoms with Crippen LogP contribution in [0.1, 0.15) is 27.5 Å². The predicted molar refractivity (Wildman–Crippen MR) is 130 cm³/mol. The van der Waals surface area contributed by atoms with E-state index >= 15 is 0 Å². The fourth-order valence-corrected chi connectivity index (χ4v) is 4.99. The van der Waals surface area contributed by atoms with Gasteiger partial charge in [-0.1, -0.05) is 42.5 Å². The number of benzene rings is 3. The minimum absolute atomic E-state index is 0.0199. The number of anilines is 2. The monoisotopic (exact) mass is 488 g/mol. The first-order valence-corrected chi connectivity index (χ1v) is 11.3.